The Morgan fingerprint density at radius 1 is 1.37 bits per heavy atom. The number of rotatable bonds is 9. The summed E-state index contributed by atoms with van der Waals surface area (Å²) in [6.07, 6.45) is -0.575. The summed E-state index contributed by atoms with van der Waals surface area (Å²) >= 11 is 0. The summed E-state index contributed by atoms with van der Waals surface area (Å²) < 4.78 is 18.6. The van der Waals surface area contributed by atoms with Crippen LogP contribution in [0.2, 0.25) is 0 Å². The van der Waals surface area contributed by atoms with Crippen molar-refractivity contribution >= 4 is 0 Å². The third-order valence-electron chi connectivity index (χ3n) is 2.64. The maximum absolute atomic E-state index is 13.3. The topological polar surface area (TPSA) is 44.7 Å². The summed E-state index contributed by atoms with van der Waals surface area (Å²) in [6.45, 7) is 2.59. The van der Waals surface area contributed by atoms with Crippen molar-refractivity contribution in [2.75, 3.05) is 40.3 Å². The quantitative estimate of drug-likeness (QED) is 0.653. The summed E-state index contributed by atoms with van der Waals surface area (Å²) in [5.74, 6) is -0.277. The standard InChI is InChI=1S/C14H23FN2O2/c1-17(2)8-7-16-9-13(18)11-19-10-12-5-3-4-6-14(12)15/h3-6,13,16,18H,7-11H2,1-2H3. The molecule has 0 spiro atoms. The van der Waals surface area contributed by atoms with Crippen LogP contribution in [-0.4, -0.2) is 56.4 Å². The molecule has 0 bridgehead atoms. The van der Waals surface area contributed by atoms with Crippen molar-refractivity contribution in [3.63, 3.8) is 0 Å². The van der Waals surface area contributed by atoms with Gasteiger partial charge < -0.3 is 20.1 Å². The summed E-state index contributed by atoms with van der Waals surface area (Å²) in [7, 11) is 3.99. The first kappa shape index (κ1) is 16.0. The maximum Gasteiger partial charge on any atom is 0.128 e. The first-order valence-corrected chi connectivity index (χ1v) is 6.44. The van der Waals surface area contributed by atoms with E-state index < -0.39 is 6.10 Å². The first-order valence-electron chi connectivity index (χ1n) is 6.44. The fourth-order valence-corrected chi connectivity index (χ4v) is 1.55. The minimum Gasteiger partial charge on any atom is -0.389 e. The lowest BCUT2D eigenvalue weighted by atomic mass is 10.2. The van der Waals surface area contributed by atoms with Gasteiger partial charge in [-0.05, 0) is 20.2 Å². The molecule has 2 N–H and O–H groups in total. The Labute approximate surface area is 114 Å². The minimum atomic E-state index is -0.575. The van der Waals surface area contributed by atoms with Crippen molar-refractivity contribution in [1.29, 1.82) is 0 Å². The van der Waals surface area contributed by atoms with Gasteiger partial charge >= 0.3 is 0 Å². The van der Waals surface area contributed by atoms with E-state index >= 15 is 0 Å². The van der Waals surface area contributed by atoms with Crippen LogP contribution >= 0.6 is 0 Å². The highest BCUT2D eigenvalue weighted by Crippen LogP contribution is 2.07. The molecule has 0 aromatic heterocycles. The van der Waals surface area contributed by atoms with Gasteiger partial charge in [-0.15, -0.1) is 0 Å². The SMILES string of the molecule is CN(C)CCNCC(O)COCc1ccccc1F. The lowest BCUT2D eigenvalue weighted by Crippen LogP contribution is -2.34. The van der Waals surface area contributed by atoms with Crippen molar-refractivity contribution in [3.05, 3.63) is 35.6 Å². The third kappa shape index (κ3) is 7.22. The normalized spacial score (nSPS) is 12.9. The van der Waals surface area contributed by atoms with Crippen LogP contribution in [0.15, 0.2) is 24.3 Å². The van der Waals surface area contributed by atoms with Crippen molar-refractivity contribution < 1.29 is 14.2 Å². The zero-order valence-corrected chi connectivity index (χ0v) is 11.6. The van der Waals surface area contributed by atoms with Crippen LogP contribution in [-0.2, 0) is 11.3 Å². The zero-order valence-electron chi connectivity index (χ0n) is 11.6. The van der Waals surface area contributed by atoms with E-state index in [0.717, 1.165) is 13.1 Å². The summed E-state index contributed by atoms with van der Waals surface area (Å²) in [4.78, 5) is 2.06. The first-order chi connectivity index (χ1) is 9.09. The van der Waals surface area contributed by atoms with E-state index in [2.05, 4.69) is 10.2 Å². The lowest BCUT2D eigenvalue weighted by molar-refractivity contribution is 0.0278. The molecule has 1 rings (SSSR count). The fraction of sp³-hybridized carbons (Fsp3) is 0.571. The Kier molecular flexibility index (Phi) is 7.59. The minimum absolute atomic E-state index is 0.182. The van der Waals surface area contributed by atoms with Crippen LogP contribution in [0.3, 0.4) is 0 Å². The highest BCUT2D eigenvalue weighted by atomic mass is 19.1. The molecular formula is C14H23FN2O2. The second-order valence-electron chi connectivity index (χ2n) is 4.77. The number of aliphatic hydroxyl groups excluding tert-OH is 1. The molecular weight excluding hydrogens is 247 g/mol. The molecule has 0 fully saturated rings. The number of hydrogen-bond donors (Lipinski definition) is 2. The summed E-state index contributed by atoms with van der Waals surface area (Å²) in [5, 5.41) is 12.8. The van der Waals surface area contributed by atoms with Gasteiger partial charge in [0.05, 0.1) is 19.3 Å². The Morgan fingerprint density at radius 2 is 2.11 bits per heavy atom. The van der Waals surface area contributed by atoms with Crippen LogP contribution in [0.25, 0.3) is 0 Å². The predicted octanol–water partition coefficient (Wildman–Crippen LogP) is 0.854. The Balaban J connectivity index is 2.10. The van der Waals surface area contributed by atoms with Crippen LogP contribution in [0.5, 0.6) is 0 Å². The van der Waals surface area contributed by atoms with Gasteiger partial charge in [-0.3, -0.25) is 0 Å². The van der Waals surface area contributed by atoms with Gasteiger partial charge in [0.2, 0.25) is 0 Å². The Bertz CT molecular complexity index is 361. The molecule has 0 heterocycles. The predicted molar refractivity (Wildman–Crippen MR) is 73.5 cm³/mol. The number of hydrogen-bond acceptors (Lipinski definition) is 4. The highest BCUT2D eigenvalue weighted by Gasteiger charge is 2.05. The van der Waals surface area contributed by atoms with E-state index in [4.69, 9.17) is 4.74 Å². The van der Waals surface area contributed by atoms with Crippen molar-refractivity contribution in [1.82, 2.24) is 10.2 Å². The number of nitrogens with one attached hydrogen (secondary N) is 1. The summed E-state index contributed by atoms with van der Waals surface area (Å²) in [6, 6.07) is 6.48. The van der Waals surface area contributed by atoms with Crippen LogP contribution < -0.4 is 5.32 Å². The van der Waals surface area contributed by atoms with Gasteiger partial charge in [0.25, 0.3) is 0 Å². The molecule has 0 aliphatic heterocycles. The van der Waals surface area contributed by atoms with E-state index in [9.17, 15) is 9.50 Å². The van der Waals surface area contributed by atoms with E-state index in [1.54, 1.807) is 18.2 Å². The largest absolute Gasteiger partial charge is 0.389 e. The number of likely N-dealkylation sites (N-methyl/N-ethyl adjacent to an activating group) is 1. The van der Waals surface area contributed by atoms with E-state index in [1.807, 2.05) is 14.1 Å². The molecule has 108 valence electrons. The lowest BCUT2D eigenvalue weighted by Gasteiger charge is -2.14. The average molecular weight is 270 g/mol. The van der Waals surface area contributed by atoms with E-state index in [1.165, 1.54) is 6.07 Å². The van der Waals surface area contributed by atoms with Gasteiger partial charge in [-0.2, -0.15) is 0 Å². The average Bonchev–Trinajstić information content (AvgIpc) is 2.37. The smallest absolute Gasteiger partial charge is 0.128 e. The second-order valence-corrected chi connectivity index (χ2v) is 4.77. The van der Waals surface area contributed by atoms with Gasteiger partial charge in [-0.25, -0.2) is 4.39 Å². The molecule has 0 amide bonds. The number of nitrogens with zero attached hydrogens (tertiary/aromatic N) is 1. The van der Waals surface area contributed by atoms with Gasteiger partial charge in [0.1, 0.15) is 5.82 Å². The molecule has 1 aromatic carbocycles. The van der Waals surface area contributed by atoms with Crippen LogP contribution in [0, 0.1) is 5.82 Å². The monoisotopic (exact) mass is 270 g/mol. The molecule has 1 aromatic rings. The molecule has 1 unspecified atom stereocenters. The number of aliphatic hydroxyl groups is 1. The number of benzene rings is 1. The molecule has 0 radical (unpaired) electrons. The van der Waals surface area contributed by atoms with Crippen LogP contribution in [0.1, 0.15) is 5.56 Å². The number of ether oxygens (including phenoxy) is 1. The summed E-state index contributed by atoms with van der Waals surface area (Å²) in [5.41, 5.74) is 0.510. The molecule has 0 saturated carbocycles. The van der Waals surface area contributed by atoms with Crippen molar-refractivity contribution in [2.45, 2.75) is 12.7 Å². The van der Waals surface area contributed by atoms with Gasteiger partial charge in [0.15, 0.2) is 0 Å². The Morgan fingerprint density at radius 3 is 2.79 bits per heavy atom. The van der Waals surface area contributed by atoms with Crippen LogP contribution in [0.4, 0.5) is 4.39 Å². The molecule has 0 saturated heterocycles. The number of halogens is 1. The van der Waals surface area contributed by atoms with Gasteiger partial charge in [0, 0.05) is 25.2 Å². The Hall–Kier alpha value is -1.01. The van der Waals surface area contributed by atoms with Crippen molar-refractivity contribution in [2.24, 2.45) is 0 Å². The van der Waals surface area contributed by atoms with Crippen molar-refractivity contribution in [3.8, 4) is 0 Å². The van der Waals surface area contributed by atoms with E-state index in [0.29, 0.717) is 12.1 Å². The van der Waals surface area contributed by atoms with E-state index in [-0.39, 0.29) is 19.0 Å². The molecule has 5 heteroatoms. The fourth-order valence-electron chi connectivity index (χ4n) is 1.55. The third-order valence-corrected chi connectivity index (χ3v) is 2.64. The molecule has 19 heavy (non-hydrogen) atoms. The van der Waals surface area contributed by atoms with Gasteiger partial charge in [-0.1, -0.05) is 18.2 Å². The zero-order chi connectivity index (χ0) is 14.1. The molecule has 4 nitrogen and oxygen atoms in total. The maximum atomic E-state index is 13.3. The molecule has 1 atom stereocenters. The highest BCUT2D eigenvalue weighted by molar-refractivity contribution is 5.16. The molecule has 0 aliphatic rings. The second kappa shape index (κ2) is 8.98. The molecule has 0 aliphatic carbocycles.